The highest BCUT2D eigenvalue weighted by atomic mass is 35.5. The summed E-state index contributed by atoms with van der Waals surface area (Å²) in [4.78, 5) is 42.9. The molecular weight excluding hydrogens is 435 g/mol. The molecular formula is C20H12Cl2N2O6. The van der Waals surface area contributed by atoms with Gasteiger partial charge in [0.05, 0.1) is 34.0 Å². The molecule has 4 rings (SSSR count). The third-order valence-electron chi connectivity index (χ3n) is 4.77. The van der Waals surface area contributed by atoms with E-state index in [-0.39, 0.29) is 45.2 Å². The van der Waals surface area contributed by atoms with Crippen molar-refractivity contribution in [1.29, 1.82) is 0 Å². The van der Waals surface area contributed by atoms with Crippen molar-refractivity contribution in [3.05, 3.63) is 86.8 Å². The van der Waals surface area contributed by atoms with Crippen molar-refractivity contribution in [2.75, 3.05) is 6.61 Å². The highest BCUT2D eigenvalue weighted by Crippen LogP contribution is 2.34. The summed E-state index contributed by atoms with van der Waals surface area (Å²) < 4.78 is 0.977. The van der Waals surface area contributed by atoms with Gasteiger partial charge in [-0.2, -0.15) is 0 Å². The minimum absolute atomic E-state index is 0.0611. The fourth-order valence-electron chi connectivity index (χ4n) is 3.38. The number of halogens is 2. The van der Waals surface area contributed by atoms with E-state index in [0.29, 0.717) is 0 Å². The Bertz CT molecular complexity index is 1620. The number of aliphatic hydroxyl groups excluding tert-OH is 1. The van der Waals surface area contributed by atoms with Crippen LogP contribution >= 0.6 is 23.2 Å². The third kappa shape index (κ3) is 2.80. The number of aromatic nitrogens is 1. The lowest BCUT2D eigenvalue weighted by Crippen LogP contribution is -2.30. The normalized spacial score (nSPS) is 12.3. The molecule has 0 radical (unpaired) electrons. The summed E-state index contributed by atoms with van der Waals surface area (Å²) in [6.45, 7) is -0.490. The second-order valence-corrected chi connectivity index (χ2v) is 7.21. The molecule has 1 aromatic heterocycles. The lowest BCUT2D eigenvalue weighted by molar-refractivity contribution is 0.256. The van der Waals surface area contributed by atoms with Crippen molar-refractivity contribution < 1.29 is 15.3 Å². The number of hydrogen-bond donors (Lipinski definition) is 3. The Labute approximate surface area is 176 Å². The summed E-state index contributed by atoms with van der Waals surface area (Å²) in [5.41, 5.74) is -2.43. The SMILES string of the molecule is O=c1c(Cl)c(Cl)c(=Nc2cc(O)n(CCO)c2O)c2c(=O)c3ccccc3c(=O)c1=2. The van der Waals surface area contributed by atoms with Crippen molar-refractivity contribution in [1.82, 2.24) is 4.57 Å². The first-order valence-corrected chi connectivity index (χ1v) is 9.38. The molecule has 10 heteroatoms. The van der Waals surface area contributed by atoms with Gasteiger partial charge in [-0.1, -0.05) is 47.5 Å². The molecule has 2 aliphatic carbocycles. The van der Waals surface area contributed by atoms with Crippen LogP contribution in [0.15, 0.2) is 49.7 Å². The number of benzene rings is 1. The second kappa shape index (κ2) is 7.24. The van der Waals surface area contributed by atoms with Gasteiger partial charge in [0.25, 0.3) is 0 Å². The molecule has 0 saturated carbocycles. The zero-order valence-corrected chi connectivity index (χ0v) is 16.5. The largest absolute Gasteiger partial charge is 0.494 e. The molecule has 0 bridgehead atoms. The van der Waals surface area contributed by atoms with Gasteiger partial charge in [0, 0.05) is 16.8 Å². The number of aromatic hydroxyl groups is 2. The van der Waals surface area contributed by atoms with Crippen LogP contribution in [0.2, 0.25) is 10.0 Å². The highest BCUT2D eigenvalue weighted by Gasteiger charge is 2.19. The van der Waals surface area contributed by atoms with Crippen LogP contribution in [-0.4, -0.2) is 26.5 Å². The Morgan fingerprint density at radius 2 is 1.50 bits per heavy atom. The molecule has 0 fully saturated rings. The van der Waals surface area contributed by atoms with Gasteiger partial charge >= 0.3 is 0 Å². The fraction of sp³-hybridized carbons (Fsp3) is 0.100. The third-order valence-corrected chi connectivity index (χ3v) is 5.59. The van der Waals surface area contributed by atoms with E-state index in [1.165, 1.54) is 12.1 Å². The van der Waals surface area contributed by atoms with Crippen LogP contribution in [0.1, 0.15) is 0 Å². The molecule has 30 heavy (non-hydrogen) atoms. The van der Waals surface area contributed by atoms with Crippen LogP contribution in [0, 0.1) is 10.4 Å². The maximum atomic E-state index is 13.1. The summed E-state index contributed by atoms with van der Waals surface area (Å²) in [5, 5.41) is 27.5. The standard InChI is InChI=1S/C20H12Cl2N2O6/c21-14-15(22)19(29)13-12(17(27)8-3-1-2-4-9(8)18(13)28)16(14)23-10-7-11(26)24(5-6-25)20(10)30/h1-4,7,25-26,30H,5-6H2. The Hall–Kier alpha value is -3.20. The predicted molar refractivity (Wildman–Crippen MR) is 111 cm³/mol. The first kappa shape index (κ1) is 20.1. The Kier molecular flexibility index (Phi) is 4.85. The Balaban J connectivity index is 2.30. The molecule has 0 aliphatic heterocycles. The predicted octanol–water partition coefficient (Wildman–Crippen LogP) is 1.26. The van der Waals surface area contributed by atoms with Crippen LogP contribution < -0.4 is 21.6 Å². The minimum Gasteiger partial charge on any atom is -0.494 e. The fourth-order valence-corrected chi connectivity index (χ4v) is 3.79. The zero-order chi connectivity index (χ0) is 21.7. The quantitative estimate of drug-likeness (QED) is 0.434. The summed E-state index contributed by atoms with van der Waals surface area (Å²) in [6, 6.07) is 7.08. The van der Waals surface area contributed by atoms with E-state index in [2.05, 4.69) is 4.99 Å². The van der Waals surface area contributed by atoms with E-state index >= 15 is 0 Å². The molecule has 1 heterocycles. The molecule has 0 atom stereocenters. The van der Waals surface area contributed by atoms with E-state index in [4.69, 9.17) is 28.3 Å². The number of rotatable bonds is 3. The molecule has 8 nitrogen and oxygen atoms in total. The highest BCUT2D eigenvalue weighted by molar-refractivity contribution is 6.41. The van der Waals surface area contributed by atoms with Gasteiger partial charge in [-0.15, -0.1) is 0 Å². The second-order valence-electron chi connectivity index (χ2n) is 6.46. The minimum atomic E-state index is -0.895. The molecule has 0 saturated heterocycles. The van der Waals surface area contributed by atoms with Gasteiger partial charge in [0.2, 0.25) is 11.3 Å². The van der Waals surface area contributed by atoms with E-state index in [1.54, 1.807) is 12.1 Å². The van der Waals surface area contributed by atoms with E-state index < -0.39 is 38.3 Å². The number of hydrogen-bond acceptors (Lipinski definition) is 7. The van der Waals surface area contributed by atoms with Crippen LogP contribution in [-0.2, 0) is 6.54 Å². The first-order chi connectivity index (χ1) is 14.3. The van der Waals surface area contributed by atoms with Gasteiger partial charge in [0.1, 0.15) is 10.7 Å². The number of fused-ring (bicyclic) bond motifs is 1. The monoisotopic (exact) mass is 446 g/mol. The first-order valence-electron chi connectivity index (χ1n) is 8.62. The van der Waals surface area contributed by atoms with Gasteiger partial charge in [-0.05, 0) is 0 Å². The summed E-state index contributed by atoms with van der Waals surface area (Å²) in [7, 11) is 0. The Morgan fingerprint density at radius 3 is 2.10 bits per heavy atom. The average Bonchev–Trinajstić information content (AvgIpc) is 3.00. The van der Waals surface area contributed by atoms with E-state index in [9.17, 15) is 24.6 Å². The lowest BCUT2D eigenvalue weighted by Gasteiger charge is -2.04. The van der Waals surface area contributed by atoms with Crippen molar-refractivity contribution in [2.45, 2.75) is 6.54 Å². The van der Waals surface area contributed by atoms with Crippen LogP contribution in [0.3, 0.4) is 0 Å². The van der Waals surface area contributed by atoms with Crippen LogP contribution in [0.5, 0.6) is 11.8 Å². The molecule has 0 spiro atoms. The van der Waals surface area contributed by atoms with Crippen molar-refractivity contribution >= 4 is 39.7 Å². The lowest BCUT2D eigenvalue weighted by atomic mass is 10.0. The molecule has 1 aromatic carbocycles. The van der Waals surface area contributed by atoms with E-state index in [0.717, 1.165) is 10.6 Å². The number of nitrogens with zero attached hydrogens (tertiary/aromatic N) is 2. The molecule has 0 amide bonds. The van der Waals surface area contributed by atoms with Crippen LogP contribution in [0.4, 0.5) is 5.69 Å². The van der Waals surface area contributed by atoms with Crippen molar-refractivity contribution in [2.24, 2.45) is 4.99 Å². The Morgan fingerprint density at radius 1 is 0.900 bits per heavy atom. The van der Waals surface area contributed by atoms with Crippen molar-refractivity contribution in [3.63, 3.8) is 0 Å². The van der Waals surface area contributed by atoms with Crippen molar-refractivity contribution in [3.8, 4) is 11.8 Å². The molecule has 2 aromatic rings. The maximum absolute atomic E-state index is 13.1. The average molecular weight is 447 g/mol. The smallest absolute Gasteiger partial charge is 0.220 e. The summed E-state index contributed by atoms with van der Waals surface area (Å²) in [5.74, 6) is -0.909. The maximum Gasteiger partial charge on any atom is 0.220 e. The molecule has 2 aliphatic rings. The topological polar surface area (TPSA) is 129 Å². The zero-order valence-electron chi connectivity index (χ0n) is 15.0. The van der Waals surface area contributed by atoms with Gasteiger partial charge in [0.15, 0.2) is 16.7 Å². The molecule has 152 valence electrons. The van der Waals surface area contributed by atoms with Gasteiger partial charge < -0.3 is 15.3 Å². The van der Waals surface area contributed by atoms with Gasteiger partial charge in [-0.25, -0.2) is 4.99 Å². The summed E-state index contributed by atoms with van der Waals surface area (Å²) in [6.07, 6.45) is 0. The van der Waals surface area contributed by atoms with Gasteiger partial charge in [-0.3, -0.25) is 19.0 Å². The number of aliphatic hydroxyl groups is 1. The molecule has 3 N–H and O–H groups in total. The summed E-state index contributed by atoms with van der Waals surface area (Å²) >= 11 is 12.2. The van der Waals surface area contributed by atoms with Crippen LogP contribution in [0.25, 0.3) is 10.8 Å². The van der Waals surface area contributed by atoms with E-state index in [1.807, 2.05) is 0 Å². The molecule has 0 unspecified atom stereocenters.